The molecular weight excluding hydrogens is 208 g/mol. The first-order valence-electron chi connectivity index (χ1n) is 5.47. The Hall–Kier alpha value is -0.450. The molecule has 3 nitrogen and oxygen atoms in total. The quantitative estimate of drug-likeness (QED) is 0.807. The van der Waals surface area contributed by atoms with E-state index in [2.05, 4.69) is 17.2 Å². The van der Waals surface area contributed by atoms with Crippen molar-refractivity contribution in [3.8, 4) is 0 Å². The van der Waals surface area contributed by atoms with Gasteiger partial charge in [-0.3, -0.25) is 0 Å². The average Bonchev–Trinajstić information content (AvgIpc) is 2.88. The minimum absolute atomic E-state index is 0.0654. The first-order chi connectivity index (χ1) is 7.30. The third-order valence-electron chi connectivity index (χ3n) is 2.89. The van der Waals surface area contributed by atoms with E-state index < -0.39 is 0 Å². The summed E-state index contributed by atoms with van der Waals surface area (Å²) in [6.07, 6.45) is 5.47. The Morgan fingerprint density at radius 2 is 2.47 bits per heavy atom. The highest BCUT2D eigenvalue weighted by atomic mass is 32.1. The molecule has 1 unspecified atom stereocenters. The standard InChI is InChI=1S/C11H18N2OS/c1-3-11(8-14-2,13-9-4-5-9)10-12-6-7-15-10/h6-7,9,13H,3-5,8H2,1-2H3. The number of aromatic nitrogens is 1. The van der Waals surface area contributed by atoms with Crippen LogP contribution in [0.4, 0.5) is 0 Å². The number of nitrogens with one attached hydrogen (secondary N) is 1. The second kappa shape index (κ2) is 4.60. The lowest BCUT2D eigenvalue weighted by molar-refractivity contribution is 0.103. The predicted molar refractivity (Wildman–Crippen MR) is 62.1 cm³/mol. The van der Waals surface area contributed by atoms with Gasteiger partial charge in [-0.05, 0) is 19.3 Å². The molecule has 1 atom stereocenters. The smallest absolute Gasteiger partial charge is 0.115 e. The molecule has 1 aliphatic rings. The normalized spacial score (nSPS) is 20.1. The van der Waals surface area contributed by atoms with Crippen molar-refractivity contribution < 1.29 is 4.74 Å². The maximum Gasteiger partial charge on any atom is 0.115 e. The van der Waals surface area contributed by atoms with E-state index in [1.165, 1.54) is 12.8 Å². The number of ether oxygens (including phenoxy) is 1. The van der Waals surface area contributed by atoms with Gasteiger partial charge in [0.05, 0.1) is 12.1 Å². The monoisotopic (exact) mass is 226 g/mol. The van der Waals surface area contributed by atoms with Crippen LogP contribution in [0.3, 0.4) is 0 Å². The van der Waals surface area contributed by atoms with Gasteiger partial charge in [-0.1, -0.05) is 6.92 Å². The maximum absolute atomic E-state index is 5.35. The van der Waals surface area contributed by atoms with Crippen molar-refractivity contribution in [3.63, 3.8) is 0 Å². The van der Waals surface area contributed by atoms with E-state index in [1.54, 1.807) is 18.4 Å². The Morgan fingerprint density at radius 3 is 2.93 bits per heavy atom. The van der Waals surface area contributed by atoms with Gasteiger partial charge < -0.3 is 10.1 Å². The molecule has 1 saturated carbocycles. The van der Waals surface area contributed by atoms with E-state index in [0.717, 1.165) is 11.4 Å². The van der Waals surface area contributed by atoms with E-state index in [9.17, 15) is 0 Å². The molecule has 0 spiro atoms. The molecule has 0 bridgehead atoms. The number of methoxy groups -OCH3 is 1. The number of hydrogen-bond donors (Lipinski definition) is 1. The fourth-order valence-electron chi connectivity index (χ4n) is 1.85. The van der Waals surface area contributed by atoms with Gasteiger partial charge in [-0.25, -0.2) is 4.98 Å². The van der Waals surface area contributed by atoms with Crippen molar-refractivity contribution in [2.75, 3.05) is 13.7 Å². The Bertz CT molecular complexity index is 298. The molecule has 0 amide bonds. The fourth-order valence-corrected chi connectivity index (χ4v) is 2.71. The summed E-state index contributed by atoms with van der Waals surface area (Å²) >= 11 is 1.71. The highest BCUT2D eigenvalue weighted by Crippen LogP contribution is 2.32. The lowest BCUT2D eigenvalue weighted by atomic mass is 9.98. The average molecular weight is 226 g/mol. The Balaban J connectivity index is 2.18. The SMILES string of the molecule is CCC(COC)(NC1CC1)c1nccs1. The fraction of sp³-hybridized carbons (Fsp3) is 0.727. The second-order valence-corrected chi connectivity index (χ2v) is 5.02. The molecule has 1 N–H and O–H groups in total. The molecule has 15 heavy (non-hydrogen) atoms. The van der Waals surface area contributed by atoms with Gasteiger partial charge in [-0.15, -0.1) is 11.3 Å². The summed E-state index contributed by atoms with van der Waals surface area (Å²) < 4.78 is 5.35. The van der Waals surface area contributed by atoms with Gasteiger partial charge in [0, 0.05) is 24.7 Å². The Kier molecular flexibility index (Phi) is 3.38. The van der Waals surface area contributed by atoms with Crippen molar-refractivity contribution in [2.24, 2.45) is 0 Å². The van der Waals surface area contributed by atoms with Crippen molar-refractivity contribution in [1.29, 1.82) is 0 Å². The van der Waals surface area contributed by atoms with Gasteiger partial charge in [0.1, 0.15) is 5.01 Å². The van der Waals surface area contributed by atoms with Crippen LogP contribution in [0.5, 0.6) is 0 Å². The summed E-state index contributed by atoms with van der Waals surface area (Å²) in [6, 6.07) is 0.670. The molecule has 0 saturated heterocycles. The van der Waals surface area contributed by atoms with Crippen molar-refractivity contribution >= 4 is 11.3 Å². The Labute approximate surface area is 94.9 Å². The molecule has 0 radical (unpaired) electrons. The molecule has 0 aliphatic heterocycles. The number of rotatable bonds is 6. The summed E-state index contributed by atoms with van der Waals surface area (Å²) in [7, 11) is 1.76. The summed E-state index contributed by atoms with van der Waals surface area (Å²) in [5, 5.41) is 6.86. The highest BCUT2D eigenvalue weighted by molar-refractivity contribution is 7.09. The summed E-state index contributed by atoms with van der Waals surface area (Å²) in [4.78, 5) is 4.44. The van der Waals surface area contributed by atoms with Crippen LogP contribution in [0, 0.1) is 0 Å². The van der Waals surface area contributed by atoms with Gasteiger partial charge in [0.15, 0.2) is 0 Å². The molecule has 1 aromatic heterocycles. The third-order valence-corrected chi connectivity index (χ3v) is 3.87. The molecule has 1 heterocycles. The van der Waals surface area contributed by atoms with E-state index in [1.807, 2.05) is 11.6 Å². The van der Waals surface area contributed by atoms with Gasteiger partial charge in [0.25, 0.3) is 0 Å². The number of hydrogen-bond acceptors (Lipinski definition) is 4. The molecule has 1 aliphatic carbocycles. The van der Waals surface area contributed by atoms with Crippen LogP contribution in [-0.4, -0.2) is 24.7 Å². The van der Waals surface area contributed by atoms with Crippen molar-refractivity contribution in [2.45, 2.75) is 37.8 Å². The van der Waals surface area contributed by atoms with E-state index in [4.69, 9.17) is 4.74 Å². The molecule has 84 valence electrons. The van der Waals surface area contributed by atoms with E-state index in [0.29, 0.717) is 12.6 Å². The van der Waals surface area contributed by atoms with Crippen LogP contribution in [0.25, 0.3) is 0 Å². The largest absolute Gasteiger partial charge is 0.382 e. The number of nitrogens with zero attached hydrogens (tertiary/aromatic N) is 1. The van der Waals surface area contributed by atoms with Crippen LogP contribution in [0.15, 0.2) is 11.6 Å². The molecule has 1 fully saturated rings. The molecule has 2 rings (SSSR count). The first kappa shape index (κ1) is 11.0. The van der Waals surface area contributed by atoms with Crippen LogP contribution in [-0.2, 0) is 10.3 Å². The maximum atomic E-state index is 5.35. The molecule has 1 aromatic rings. The van der Waals surface area contributed by atoms with Gasteiger partial charge in [0.2, 0.25) is 0 Å². The minimum Gasteiger partial charge on any atom is -0.382 e. The first-order valence-corrected chi connectivity index (χ1v) is 6.35. The van der Waals surface area contributed by atoms with Crippen molar-refractivity contribution in [1.82, 2.24) is 10.3 Å². The van der Waals surface area contributed by atoms with Crippen LogP contribution < -0.4 is 5.32 Å². The highest BCUT2D eigenvalue weighted by Gasteiger charge is 2.38. The zero-order valence-corrected chi connectivity index (χ0v) is 10.1. The lowest BCUT2D eigenvalue weighted by Crippen LogP contribution is -2.46. The molecule has 0 aromatic carbocycles. The third kappa shape index (κ3) is 2.38. The molecule has 4 heteroatoms. The summed E-state index contributed by atoms with van der Waals surface area (Å²) in [5.74, 6) is 0. The van der Waals surface area contributed by atoms with Gasteiger partial charge in [-0.2, -0.15) is 0 Å². The van der Waals surface area contributed by atoms with E-state index >= 15 is 0 Å². The predicted octanol–water partition coefficient (Wildman–Crippen LogP) is 2.15. The number of thiazole rings is 1. The van der Waals surface area contributed by atoms with Crippen LogP contribution >= 0.6 is 11.3 Å². The Morgan fingerprint density at radius 1 is 1.67 bits per heavy atom. The zero-order chi connectivity index (χ0) is 10.7. The van der Waals surface area contributed by atoms with Crippen LogP contribution in [0.2, 0.25) is 0 Å². The molecular formula is C11H18N2OS. The second-order valence-electron chi connectivity index (χ2n) is 4.12. The minimum atomic E-state index is -0.0654. The summed E-state index contributed by atoms with van der Waals surface area (Å²) in [5.41, 5.74) is -0.0654. The van der Waals surface area contributed by atoms with E-state index in [-0.39, 0.29) is 5.54 Å². The lowest BCUT2D eigenvalue weighted by Gasteiger charge is -2.31. The zero-order valence-electron chi connectivity index (χ0n) is 9.32. The van der Waals surface area contributed by atoms with Crippen molar-refractivity contribution in [3.05, 3.63) is 16.6 Å². The topological polar surface area (TPSA) is 34.1 Å². The summed E-state index contributed by atoms with van der Waals surface area (Å²) in [6.45, 7) is 2.89. The van der Waals surface area contributed by atoms with Gasteiger partial charge >= 0.3 is 0 Å². The van der Waals surface area contributed by atoms with Crippen LogP contribution in [0.1, 0.15) is 31.2 Å².